The number of hydrogen-bond donors (Lipinski definition) is 1. The van der Waals surface area contributed by atoms with Gasteiger partial charge >= 0.3 is 0 Å². The molecule has 1 N–H and O–H groups in total. The van der Waals surface area contributed by atoms with Crippen molar-refractivity contribution in [1.29, 1.82) is 0 Å². The van der Waals surface area contributed by atoms with Crippen LogP contribution in [-0.4, -0.2) is 32.0 Å². The Morgan fingerprint density at radius 2 is 1.85 bits per heavy atom. The van der Waals surface area contributed by atoms with Crippen LogP contribution in [0, 0.1) is 13.8 Å². The van der Waals surface area contributed by atoms with Gasteiger partial charge in [-0.25, -0.2) is 0 Å². The summed E-state index contributed by atoms with van der Waals surface area (Å²) in [5.74, 6) is -1.40. The van der Waals surface area contributed by atoms with Crippen molar-refractivity contribution in [3.8, 4) is 17.2 Å². The second kappa shape index (κ2) is 10.1. The first-order chi connectivity index (χ1) is 17.6. The zero-order chi connectivity index (χ0) is 30.5. The molecule has 142 valence electrons. The minimum absolute atomic E-state index is 0.223. The zero-order valence-corrected chi connectivity index (χ0v) is 15.1. The van der Waals surface area contributed by atoms with Crippen LogP contribution in [0.1, 0.15) is 53.7 Å². The minimum atomic E-state index is -3.34. The standard InChI is InChI=1S/C22H30O4/c1-16-9-11-20(13-17(16)2)26-15-19(23)8-6-5-7-18-10-12-21(24-3)22(14-18)25-4/h9-14,19,23H,5-8,15H2,1-4H3/i5D2,7D2,9D,10D,11D,12D,13D,14D,15D2,19D. The molecule has 2 aromatic rings. The van der Waals surface area contributed by atoms with Gasteiger partial charge < -0.3 is 19.3 Å². The van der Waals surface area contributed by atoms with Gasteiger partial charge in [0.25, 0.3) is 0 Å². The third-order valence-electron chi connectivity index (χ3n) is 3.35. The van der Waals surface area contributed by atoms with E-state index >= 15 is 0 Å². The van der Waals surface area contributed by atoms with E-state index in [9.17, 15) is 5.11 Å². The predicted molar refractivity (Wildman–Crippen MR) is 105 cm³/mol. The molecular weight excluding hydrogens is 328 g/mol. The molecule has 0 heterocycles. The number of ether oxygens (including phenoxy) is 3. The Morgan fingerprint density at radius 3 is 2.58 bits per heavy atom. The molecule has 1 unspecified atom stereocenters. The van der Waals surface area contributed by atoms with E-state index in [1.54, 1.807) is 0 Å². The lowest BCUT2D eigenvalue weighted by molar-refractivity contribution is 0.0976. The molecule has 0 radical (unpaired) electrons. The van der Waals surface area contributed by atoms with E-state index in [-0.39, 0.29) is 17.4 Å². The topological polar surface area (TPSA) is 47.9 Å². The van der Waals surface area contributed by atoms with Gasteiger partial charge in [-0.05, 0) is 73.9 Å². The summed E-state index contributed by atoms with van der Waals surface area (Å²) in [6.07, 6.45) is -11.5. The normalized spacial score (nSPS) is 22.0. The summed E-state index contributed by atoms with van der Waals surface area (Å²) in [5, 5.41) is 10.6. The molecule has 0 fully saturated rings. The monoisotopic (exact) mass is 371 g/mol. The zero-order valence-electron chi connectivity index (χ0n) is 28.1. The number of aliphatic hydroxyl groups is 1. The number of rotatable bonds is 10. The molecule has 0 bridgehead atoms. The average molecular weight is 372 g/mol. The molecule has 0 spiro atoms. The Labute approximate surface area is 175 Å². The van der Waals surface area contributed by atoms with Crippen molar-refractivity contribution in [3.63, 3.8) is 0 Å². The summed E-state index contributed by atoms with van der Waals surface area (Å²) in [7, 11) is 2.28. The molecule has 2 rings (SSSR count). The van der Waals surface area contributed by atoms with Crippen LogP contribution in [0.3, 0.4) is 0 Å². The number of methoxy groups -OCH3 is 2. The van der Waals surface area contributed by atoms with Crippen LogP contribution in [0.5, 0.6) is 17.2 Å². The van der Waals surface area contributed by atoms with E-state index in [1.165, 1.54) is 13.8 Å². The Hall–Kier alpha value is -2.20. The Balaban J connectivity index is 2.45. The molecule has 0 amide bonds. The van der Waals surface area contributed by atoms with Crippen molar-refractivity contribution in [3.05, 3.63) is 52.9 Å². The molecule has 4 nitrogen and oxygen atoms in total. The van der Waals surface area contributed by atoms with Gasteiger partial charge in [0.05, 0.1) is 32.6 Å². The van der Waals surface area contributed by atoms with E-state index in [0.717, 1.165) is 14.2 Å². The van der Waals surface area contributed by atoms with Crippen molar-refractivity contribution in [2.24, 2.45) is 0 Å². The molecule has 26 heavy (non-hydrogen) atoms. The van der Waals surface area contributed by atoms with Gasteiger partial charge in [-0.3, -0.25) is 0 Å². The highest BCUT2D eigenvalue weighted by Crippen LogP contribution is 2.28. The third-order valence-corrected chi connectivity index (χ3v) is 3.35. The average Bonchev–Trinajstić information content (AvgIpc) is 2.84. The minimum Gasteiger partial charge on any atom is -0.493 e. The third kappa shape index (κ3) is 5.95. The summed E-state index contributed by atoms with van der Waals surface area (Å²) >= 11 is 0. The number of hydrogen-bond acceptors (Lipinski definition) is 4. The fourth-order valence-corrected chi connectivity index (χ4v) is 1.81. The second-order valence-corrected chi connectivity index (χ2v) is 5.22. The molecule has 0 saturated heterocycles. The predicted octanol–water partition coefficient (Wildman–Crippen LogP) is 4.47. The van der Waals surface area contributed by atoms with E-state index in [2.05, 4.69) is 0 Å². The quantitative estimate of drug-likeness (QED) is 0.669. The van der Waals surface area contributed by atoms with Crippen LogP contribution in [0.2, 0.25) is 0 Å². The van der Waals surface area contributed by atoms with Crippen molar-refractivity contribution in [2.75, 3.05) is 20.8 Å². The second-order valence-electron chi connectivity index (χ2n) is 5.22. The van der Waals surface area contributed by atoms with E-state index in [0.29, 0.717) is 5.56 Å². The van der Waals surface area contributed by atoms with Crippen LogP contribution in [0.4, 0.5) is 0 Å². The van der Waals surface area contributed by atoms with Gasteiger partial charge in [0.1, 0.15) is 12.3 Å². The van der Waals surface area contributed by atoms with Gasteiger partial charge in [-0.1, -0.05) is 18.5 Å². The Morgan fingerprint density at radius 1 is 1.08 bits per heavy atom. The molecule has 0 aliphatic heterocycles. The first-order valence-corrected chi connectivity index (χ1v) is 7.81. The molecule has 0 aliphatic carbocycles. The van der Waals surface area contributed by atoms with Crippen LogP contribution in [-0.2, 0) is 6.37 Å². The maximum atomic E-state index is 10.6. The molecule has 0 aliphatic rings. The Kier molecular flexibility index (Phi) is 3.35. The fraction of sp³-hybridized carbons (Fsp3) is 0.455. The highest BCUT2D eigenvalue weighted by atomic mass is 16.5. The van der Waals surface area contributed by atoms with Crippen LogP contribution >= 0.6 is 0 Å². The van der Waals surface area contributed by atoms with Gasteiger partial charge in [0.15, 0.2) is 11.5 Å². The molecular formula is C22H30O4. The van der Waals surface area contributed by atoms with Crippen molar-refractivity contribution < 1.29 is 37.1 Å². The van der Waals surface area contributed by atoms with Crippen molar-refractivity contribution >= 4 is 0 Å². The largest absolute Gasteiger partial charge is 0.493 e. The highest BCUT2D eigenvalue weighted by molar-refractivity contribution is 5.42. The molecule has 2 aromatic carbocycles. The van der Waals surface area contributed by atoms with Gasteiger partial charge in [0, 0.05) is 5.48 Å². The van der Waals surface area contributed by atoms with E-state index in [4.69, 9.17) is 32.0 Å². The van der Waals surface area contributed by atoms with Gasteiger partial charge in [-0.15, -0.1) is 0 Å². The highest BCUT2D eigenvalue weighted by Gasteiger charge is 2.07. The number of benzene rings is 2. The van der Waals surface area contributed by atoms with Gasteiger partial charge in [-0.2, -0.15) is 0 Å². The first kappa shape index (κ1) is 8.66. The summed E-state index contributed by atoms with van der Waals surface area (Å²) < 4.78 is 122. The maximum absolute atomic E-state index is 10.6. The van der Waals surface area contributed by atoms with E-state index in [1.807, 2.05) is 0 Å². The van der Waals surface area contributed by atoms with Crippen molar-refractivity contribution in [2.45, 2.75) is 45.5 Å². The van der Waals surface area contributed by atoms with Crippen LogP contribution in [0.15, 0.2) is 36.3 Å². The van der Waals surface area contributed by atoms with Crippen molar-refractivity contribution in [1.82, 2.24) is 0 Å². The van der Waals surface area contributed by atoms with Gasteiger partial charge in [0.2, 0.25) is 0 Å². The summed E-state index contributed by atoms with van der Waals surface area (Å²) in [4.78, 5) is 0. The molecule has 0 aromatic heterocycles. The summed E-state index contributed by atoms with van der Waals surface area (Å²) in [6.45, 7) is -0.386. The lowest BCUT2D eigenvalue weighted by atomic mass is 10.0. The van der Waals surface area contributed by atoms with Crippen LogP contribution in [0.25, 0.3) is 0 Å². The smallest absolute Gasteiger partial charge is 0.160 e. The molecule has 0 saturated carbocycles. The fourth-order valence-electron chi connectivity index (χ4n) is 1.81. The lowest BCUT2D eigenvalue weighted by Gasteiger charge is -2.13. The maximum Gasteiger partial charge on any atom is 0.160 e. The Bertz CT molecular complexity index is 1230. The first-order valence-electron chi connectivity index (χ1n) is 14.3. The SMILES string of the molecule is [2H]c1c([2H])c(OC([2H])([2H])C([2H])(O)CCC([2H])([2H])C([2H])([2H])c2c([2H])c([2H])c(OC)c(OC)c2[2H])c([2H])c(C)c1C. The summed E-state index contributed by atoms with van der Waals surface area (Å²) in [5.41, 5.74) is -0.317. The van der Waals surface area contributed by atoms with E-state index < -0.39 is 85.5 Å². The summed E-state index contributed by atoms with van der Waals surface area (Å²) in [6, 6.07) is -3.63. The lowest BCUT2D eigenvalue weighted by Crippen LogP contribution is -2.17. The molecule has 1 atom stereocenters. The van der Waals surface area contributed by atoms with Crippen LogP contribution < -0.4 is 14.2 Å². The molecule has 4 heteroatoms.